The molecule has 0 spiro atoms. The first kappa shape index (κ1) is 16.2. The van der Waals surface area contributed by atoms with E-state index in [0.29, 0.717) is 5.41 Å². The van der Waals surface area contributed by atoms with E-state index < -0.39 is 8.32 Å². The number of aromatic amines is 1. The summed E-state index contributed by atoms with van der Waals surface area (Å²) in [5.41, 5.74) is 1.49. The van der Waals surface area contributed by atoms with Crippen molar-refractivity contribution >= 4 is 19.2 Å². The molecule has 0 bridgehead atoms. The van der Waals surface area contributed by atoms with Gasteiger partial charge in [-0.15, -0.1) is 0 Å². The Balaban J connectivity index is 2.19. The Bertz CT molecular complexity index is 584. The SMILES string of the molecule is CCCC[Si](C)(CC(C)(C)C)Oc1ccc2cc[nH]c2c1. The van der Waals surface area contributed by atoms with Crippen molar-refractivity contribution in [1.29, 1.82) is 0 Å². The van der Waals surface area contributed by atoms with Gasteiger partial charge in [-0.05, 0) is 47.6 Å². The van der Waals surface area contributed by atoms with Crippen LogP contribution in [-0.2, 0) is 0 Å². The number of aromatic nitrogens is 1. The molecule has 2 aromatic rings. The third-order valence-electron chi connectivity index (χ3n) is 3.85. The summed E-state index contributed by atoms with van der Waals surface area (Å²) in [7, 11) is -1.73. The number of hydrogen-bond acceptors (Lipinski definition) is 1. The van der Waals surface area contributed by atoms with Crippen molar-refractivity contribution in [1.82, 2.24) is 4.98 Å². The maximum atomic E-state index is 6.58. The first-order valence-electron chi connectivity index (χ1n) is 8.07. The molecule has 0 saturated heterocycles. The zero-order valence-electron chi connectivity index (χ0n) is 14.1. The van der Waals surface area contributed by atoms with E-state index in [9.17, 15) is 0 Å². The van der Waals surface area contributed by atoms with Gasteiger partial charge < -0.3 is 9.41 Å². The summed E-state index contributed by atoms with van der Waals surface area (Å²) in [4.78, 5) is 3.27. The fraction of sp³-hybridized carbons (Fsp3) is 0.556. The minimum Gasteiger partial charge on any atom is -0.544 e. The van der Waals surface area contributed by atoms with Gasteiger partial charge in [-0.1, -0.05) is 40.5 Å². The molecule has 0 saturated carbocycles. The van der Waals surface area contributed by atoms with E-state index in [4.69, 9.17) is 4.43 Å². The first-order valence-corrected chi connectivity index (χ1v) is 10.9. The second-order valence-electron chi connectivity index (χ2n) is 7.62. The highest BCUT2D eigenvalue weighted by Crippen LogP contribution is 2.34. The highest BCUT2D eigenvalue weighted by molar-refractivity contribution is 6.73. The van der Waals surface area contributed by atoms with Crippen molar-refractivity contribution in [3.63, 3.8) is 0 Å². The number of unbranched alkanes of at least 4 members (excludes halogenated alkanes) is 1. The van der Waals surface area contributed by atoms with Crippen LogP contribution in [0.5, 0.6) is 5.75 Å². The molecule has 0 fully saturated rings. The number of nitrogens with one attached hydrogen (secondary N) is 1. The third kappa shape index (κ3) is 4.63. The minimum absolute atomic E-state index is 0.325. The summed E-state index contributed by atoms with van der Waals surface area (Å²) in [6.07, 6.45) is 4.49. The molecule has 1 unspecified atom stereocenters. The predicted molar refractivity (Wildman–Crippen MR) is 94.5 cm³/mol. The lowest BCUT2D eigenvalue weighted by Gasteiger charge is -2.34. The maximum Gasteiger partial charge on any atom is 0.248 e. The molecule has 21 heavy (non-hydrogen) atoms. The van der Waals surface area contributed by atoms with E-state index in [2.05, 4.69) is 63.5 Å². The van der Waals surface area contributed by atoms with Crippen LogP contribution in [0.1, 0.15) is 40.5 Å². The first-order chi connectivity index (χ1) is 9.81. The number of H-pyrrole nitrogens is 1. The monoisotopic (exact) mass is 303 g/mol. The quantitative estimate of drug-likeness (QED) is 0.653. The molecule has 0 radical (unpaired) electrons. The molecule has 0 aliphatic heterocycles. The van der Waals surface area contributed by atoms with Crippen LogP contribution < -0.4 is 4.43 Å². The topological polar surface area (TPSA) is 25.0 Å². The van der Waals surface area contributed by atoms with Gasteiger partial charge in [0.25, 0.3) is 0 Å². The average molecular weight is 304 g/mol. The number of hydrogen-bond donors (Lipinski definition) is 1. The Hall–Kier alpha value is -1.22. The normalized spacial score (nSPS) is 15.1. The van der Waals surface area contributed by atoms with E-state index in [0.717, 1.165) is 11.3 Å². The number of rotatable bonds is 6. The van der Waals surface area contributed by atoms with Gasteiger partial charge in [0.05, 0.1) is 0 Å². The maximum absolute atomic E-state index is 6.58. The molecule has 3 heteroatoms. The molecule has 2 nitrogen and oxygen atoms in total. The zero-order valence-corrected chi connectivity index (χ0v) is 15.1. The molecule has 116 valence electrons. The molecule has 2 rings (SSSR count). The highest BCUT2D eigenvalue weighted by atomic mass is 28.4. The second-order valence-corrected chi connectivity index (χ2v) is 11.6. The fourth-order valence-electron chi connectivity index (χ4n) is 3.22. The Kier molecular flexibility index (Phi) is 4.82. The van der Waals surface area contributed by atoms with Crippen LogP contribution in [-0.4, -0.2) is 13.3 Å². The smallest absolute Gasteiger partial charge is 0.248 e. The van der Waals surface area contributed by atoms with E-state index in [-0.39, 0.29) is 0 Å². The summed E-state index contributed by atoms with van der Waals surface area (Å²) in [6, 6.07) is 11.0. The predicted octanol–water partition coefficient (Wildman–Crippen LogP) is 5.97. The lowest BCUT2D eigenvalue weighted by atomic mass is 10.0. The van der Waals surface area contributed by atoms with Crippen LogP contribution in [0.3, 0.4) is 0 Å². The van der Waals surface area contributed by atoms with E-state index in [1.54, 1.807) is 0 Å². The van der Waals surface area contributed by atoms with E-state index in [1.165, 1.54) is 30.3 Å². The summed E-state index contributed by atoms with van der Waals surface area (Å²) >= 11 is 0. The molecular weight excluding hydrogens is 274 g/mol. The van der Waals surface area contributed by atoms with Crippen LogP contribution in [0, 0.1) is 5.41 Å². The van der Waals surface area contributed by atoms with Gasteiger partial charge in [0.2, 0.25) is 8.32 Å². The van der Waals surface area contributed by atoms with Crippen molar-refractivity contribution in [2.24, 2.45) is 5.41 Å². The molecule has 1 atom stereocenters. The Morgan fingerprint density at radius 2 is 1.95 bits per heavy atom. The Morgan fingerprint density at radius 3 is 2.62 bits per heavy atom. The lowest BCUT2D eigenvalue weighted by Crippen LogP contribution is -2.41. The van der Waals surface area contributed by atoms with Crippen LogP contribution in [0.15, 0.2) is 30.5 Å². The molecule has 0 aliphatic carbocycles. The largest absolute Gasteiger partial charge is 0.544 e. The van der Waals surface area contributed by atoms with Crippen molar-refractivity contribution in [3.05, 3.63) is 30.5 Å². The molecule has 0 amide bonds. The van der Waals surface area contributed by atoms with Gasteiger partial charge in [0.1, 0.15) is 5.75 Å². The second kappa shape index (κ2) is 6.26. The van der Waals surface area contributed by atoms with Gasteiger partial charge in [-0.25, -0.2) is 0 Å². The van der Waals surface area contributed by atoms with Gasteiger partial charge in [0.15, 0.2) is 0 Å². The Labute approximate surface area is 130 Å². The van der Waals surface area contributed by atoms with Gasteiger partial charge in [-0.2, -0.15) is 0 Å². The summed E-state index contributed by atoms with van der Waals surface area (Å²) in [5.74, 6) is 1.03. The number of benzene rings is 1. The molecule has 1 aromatic carbocycles. The third-order valence-corrected chi connectivity index (χ3v) is 7.80. The van der Waals surface area contributed by atoms with Crippen LogP contribution in [0.25, 0.3) is 10.9 Å². The van der Waals surface area contributed by atoms with Crippen molar-refractivity contribution in [2.75, 3.05) is 0 Å². The van der Waals surface area contributed by atoms with Crippen LogP contribution in [0.2, 0.25) is 18.6 Å². The standard InChI is InChI=1S/C18H29NOSi/c1-6-7-12-21(5,14-18(2,3)4)20-16-9-8-15-10-11-19-17(15)13-16/h8-11,13,19H,6-7,12,14H2,1-5H3. The molecular formula is C18H29NOSi. The summed E-state index contributed by atoms with van der Waals surface area (Å²) in [5, 5.41) is 1.25. The number of fused-ring (bicyclic) bond motifs is 1. The lowest BCUT2D eigenvalue weighted by molar-refractivity contribution is 0.422. The van der Waals surface area contributed by atoms with E-state index >= 15 is 0 Å². The van der Waals surface area contributed by atoms with Gasteiger partial charge in [0, 0.05) is 17.8 Å². The summed E-state index contributed by atoms with van der Waals surface area (Å²) < 4.78 is 6.58. The molecule has 1 N–H and O–H groups in total. The van der Waals surface area contributed by atoms with Crippen molar-refractivity contribution in [2.45, 2.75) is 59.2 Å². The fourth-order valence-corrected chi connectivity index (χ4v) is 7.62. The van der Waals surface area contributed by atoms with Crippen molar-refractivity contribution in [3.8, 4) is 5.75 Å². The van der Waals surface area contributed by atoms with Crippen LogP contribution in [0.4, 0.5) is 0 Å². The van der Waals surface area contributed by atoms with Gasteiger partial charge in [-0.3, -0.25) is 0 Å². The molecule has 1 heterocycles. The minimum atomic E-state index is -1.73. The summed E-state index contributed by atoms with van der Waals surface area (Å²) in [6.45, 7) is 11.6. The highest BCUT2D eigenvalue weighted by Gasteiger charge is 2.35. The van der Waals surface area contributed by atoms with E-state index in [1.807, 2.05) is 6.20 Å². The Morgan fingerprint density at radius 1 is 1.19 bits per heavy atom. The molecule has 1 aromatic heterocycles. The zero-order chi connectivity index (χ0) is 15.5. The van der Waals surface area contributed by atoms with Crippen molar-refractivity contribution < 1.29 is 4.43 Å². The molecule has 0 aliphatic rings. The average Bonchev–Trinajstić information content (AvgIpc) is 2.81. The van der Waals surface area contributed by atoms with Crippen LogP contribution >= 0.6 is 0 Å². The van der Waals surface area contributed by atoms with Gasteiger partial charge >= 0.3 is 0 Å².